The van der Waals surface area contributed by atoms with Crippen LogP contribution in [0.3, 0.4) is 0 Å². The zero-order chi connectivity index (χ0) is 21.3. The fraction of sp³-hybridized carbons (Fsp3) is 0.167. The molecule has 5 nitrogen and oxygen atoms in total. The summed E-state index contributed by atoms with van der Waals surface area (Å²) >= 11 is 0. The zero-order valence-corrected chi connectivity index (χ0v) is 16.9. The number of ether oxygens (including phenoxy) is 2. The predicted octanol–water partition coefficient (Wildman–Crippen LogP) is 4.87. The number of hydrogen-bond donors (Lipinski definition) is 0. The fourth-order valence-electron chi connectivity index (χ4n) is 2.58. The lowest BCUT2D eigenvalue weighted by Crippen LogP contribution is -2.29. The number of likely N-dealkylation sites (N-methyl/N-ethyl adjacent to an activating group) is 1. The van der Waals surface area contributed by atoms with Crippen molar-refractivity contribution in [1.82, 2.24) is 9.88 Å². The lowest BCUT2D eigenvalue weighted by molar-refractivity contribution is -0.125. The second-order valence-corrected chi connectivity index (χ2v) is 6.74. The first-order valence-corrected chi connectivity index (χ1v) is 9.51. The minimum absolute atomic E-state index is 0.0943. The second kappa shape index (κ2) is 10.2. The van der Waals surface area contributed by atoms with Crippen molar-refractivity contribution in [2.45, 2.75) is 6.92 Å². The van der Waals surface area contributed by atoms with Gasteiger partial charge in [0.2, 0.25) is 5.91 Å². The van der Waals surface area contributed by atoms with E-state index < -0.39 is 5.82 Å². The average Bonchev–Trinajstić information content (AvgIpc) is 2.76. The van der Waals surface area contributed by atoms with Crippen LogP contribution < -0.4 is 9.47 Å². The van der Waals surface area contributed by atoms with Crippen LogP contribution >= 0.6 is 0 Å². The van der Waals surface area contributed by atoms with E-state index in [1.807, 2.05) is 31.2 Å². The van der Waals surface area contributed by atoms with Gasteiger partial charge in [0.05, 0.1) is 12.7 Å². The summed E-state index contributed by atoms with van der Waals surface area (Å²) in [4.78, 5) is 17.7. The van der Waals surface area contributed by atoms with E-state index in [2.05, 4.69) is 4.98 Å². The van der Waals surface area contributed by atoms with Gasteiger partial charge in [-0.2, -0.15) is 0 Å². The van der Waals surface area contributed by atoms with Gasteiger partial charge in [0.15, 0.2) is 11.6 Å². The number of amides is 1. The van der Waals surface area contributed by atoms with E-state index in [-0.39, 0.29) is 11.7 Å². The molecule has 0 aliphatic carbocycles. The summed E-state index contributed by atoms with van der Waals surface area (Å²) < 4.78 is 25.4. The quantitative estimate of drug-likeness (QED) is 0.501. The third-order valence-corrected chi connectivity index (χ3v) is 4.33. The first kappa shape index (κ1) is 21.0. The molecule has 30 heavy (non-hydrogen) atoms. The number of aromatic nitrogens is 1. The summed E-state index contributed by atoms with van der Waals surface area (Å²) in [7, 11) is 1.69. The van der Waals surface area contributed by atoms with Crippen LogP contribution in [0.5, 0.6) is 17.2 Å². The Labute approximate surface area is 175 Å². The molecule has 0 aliphatic heterocycles. The van der Waals surface area contributed by atoms with E-state index in [9.17, 15) is 9.18 Å². The molecule has 0 bridgehead atoms. The highest BCUT2D eigenvalue weighted by molar-refractivity contribution is 5.91. The summed E-state index contributed by atoms with van der Waals surface area (Å²) in [6, 6.07) is 15.6. The number of rotatable bonds is 8. The van der Waals surface area contributed by atoms with Gasteiger partial charge in [-0.15, -0.1) is 0 Å². The van der Waals surface area contributed by atoms with Crippen LogP contribution in [0.2, 0.25) is 0 Å². The van der Waals surface area contributed by atoms with E-state index in [1.54, 1.807) is 42.4 Å². The number of pyridine rings is 1. The van der Waals surface area contributed by atoms with Crippen molar-refractivity contribution in [3.8, 4) is 17.2 Å². The smallest absolute Gasteiger partial charge is 0.246 e. The summed E-state index contributed by atoms with van der Waals surface area (Å²) in [5.41, 5.74) is 1.72. The summed E-state index contributed by atoms with van der Waals surface area (Å²) in [6.45, 7) is 2.83. The van der Waals surface area contributed by atoms with Gasteiger partial charge in [-0.1, -0.05) is 23.8 Å². The number of halogens is 1. The largest absolute Gasteiger partial charge is 0.492 e. The molecule has 1 heterocycles. The lowest BCUT2D eigenvalue weighted by Gasteiger charge is -2.15. The SMILES string of the molecule is Cc1ccc(OCCN(C)C(=O)/C=C/c2ccc(Oc3cccnc3)c(F)c2)cc1. The number of carbonyl (C=O) groups excluding carboxylic acids is 1. The third-order valence-electron chi connectivity index (χ3n) is 4.33. The Hall–Kier alpha value is -3.67. The molecule has 0 unspecified atom stereocenters. The van der Waals surface area contributed by atoms with Gasteiger partial charge in [0.1, 0.15) is 18.1 Å². The molecular formula is C24H23FN2O3. The highest BCUT2D eigenvalue weighted by Gasteiger charge is 2.07. The summed E-state index contributed by atoms with van der Waals surface area (Å²) in [5, 5.41) is 0. The second-order valence-electron chi connectivity index (χ2n) is 6.74. The van der Waals surface area contributed by atoms with E-state index in [0.29, 0.717) is 24.5 Å². The van der Waals surface area contributed by atoms with Crippen LogP contribution in [-0.2, 0) is 4.79 Å². The van der Waals surface area contributed by atoms with Crippen molar-refractivity contribution >= 4 is 12.0 Å². The molecule has 3 rings (SSSR count). The summed E-state index contributed by atoms with van der Waals surface area (Å²) in [6.07, 6.45) is 6.09. The van der Waals surface area contributed by atoms with Gasteiger partial charge in [0, 0.05) is 19.3 Å². The highest BCUT2D eigenvalue weighted by Crippen LogP contribution is 2.24. The van der Waals surface area contributed by atoms with Gasteiger partial charge >= 0.3 is 0 Å². The van der Waals surface area contributed by atoms with Crippen LogP contribution in [-0.4, -0.2) is 36.0 Å². The standard InChI is InChI=1S/C24H23FN2O3/c1-18-5-9-20(10-6-18)29-15-14-27(2)24(28)12-8-19-7-11-23(22(25)16-19)30-21-4-3-13-26-17-21/h3-13,16-17H,14-15H2,1-2H3/b12-8+. The van der Waals surface area contributed by atoms with Crippen molar-refractivity contribution < 1.29 is 18.7 Å². The molecule has 0 aliphatic rings. The maximum Gasteiger partial charge on any atom is 0.246 e. The Morgan fingerprint density at radius 3 is 2.63 bits per heavy atom. The number of carbonyl (C=O) groups is 1. The number of hydrogen-bond acceptors (Lipinski definition) is 4. The molecule has 0 N–H and O–H groups in total. The van der Waals surface area contributed by atoms with Gasteiger partial charge in [-0.25, -0.2) is 4.39 Å². The van der Waals surface area contributed by atoms with Crippen LogP contribution in [0.15, 0.2) is 73.1 Å². The highest BCUT2D eigenvalue weighted by atomic mass is 19.1. The number of aryl methyl sites for hydroxylation is 1. The molecule has 0 fully saturated rings. The summed E-state index contributed by atoms with van der Waals surface area (Å²) in [5.74, 6) is 0.592. The first-order valence-electron chi connectivity index (χ1n) is 9.51. The molecule has 0 saturated carbocycles. The molecule has 0 spiro atoms. The Bertz CT molecular complexity index is 1000. The lowest BCUT2D eigenvalue weighted by atomic mass is 10.2. The molecule has 3 aromatic rings. The van der Waals surface area contributed by atoms with Crippen LogP contribution in [0, 0.1) is 12.7 Å². The normalized spacial score (nSPS) is 10.8. The van der Waals surface area contributed by atoms with Gasteiger partial charge in [-0.3, -0.25) is 9.78 Å². The average molecular weight is 406 g/mol. The van der Waals surface area contributed by atoms with Crippen molar-refractivity contribution in [1.29, 1.82) is 0 Å². The first-order chi connectivity index (χ1) is 14.5. The van der Waals surface area contributed by atoms with E-state index in [1.165, 1.54) is 24.4 Å². The molecule has 2 aromatic carbocycles. The molecule has 6 heteroatoms. The van der Waals surface area contributed by atoms with Gasteiger partial charge < -0.3 is 14.4 Å². The van der Waals surface area contributed by atoms with E-state index in [0.717, 1.165) is 11.3 Å². The topological polar surface area (TPSA) is 51.7 Å². The molecule has 154 valence electrons. The van der Waals surface area contributed by atoms with Gasteiger partial charge in [0.25, 0.3) is 0 Å². The Morgan fingerprint density at radius 2 is 1.93 bits per heavy atom. The van der Waals surface area contributed by atoms with Crippen molar-refractivity contribution in [3.05, 3.63) is 90.0 Å². The Kier molecular flexibility index (Phi) is 7.16. The molecule has 1 amide bonds. The molecule has 1 aromatic heterocycles. The Balaban J connectivity index is 1.50. The molecule has 0 saturated heterocycles. The maximum atomic E-state index is 14.3. The molecular weight excluding hydrogens is 383 g/mol. The fourth-order valence-corrected chi connectivity index (χ4v) is 2.58. The minimum Gasteiger partial charge on any atom is -0.492 e. The molecule has 0 radical (unpaired) electrons. The van der Waals surface area contributed by atoms with Gasteiger partial charge in [-0.05, 0) is 55.0 Å². The Morgan fingerprint density at radius 1 is 1.13 bits per heavy atom. The van der Waals surface area contributed by atoms with Crippen molar-refractivity contribution in [3.63, 3.8) is 0 Å². The molecule has 0 atom stereocenters. The van der Waals surface area contributed by atoms with Crippen molar-refractivity contribution in [2.24, 2.45) is 0 Å². The zero-order valence-electron chi connectivity index (χ0n) is 16.9. The monoisotopic (exact) mass is 406 g/mol. The van der Waals surface area contributed by atoms with E-state index >= 15 is 0 Å². The van der Waals surface area contributed by atoms with Crippen LogP contribution in [0.1, 0.15) is 11.1 Å². The number of benzene rings is 2. The van der Waals surface area contributed by atoms with Crippen LogP contribution in [0.25, 0.3) is 6.08 Å². The third kappa shape index (κ3) is 6.17. The van der Waals surface area contributed by atoms with E-state index in [4.69, 9.17) is 9.47 Å². The van der Waals surface area contributed by atoms with Crippen LogP contribution in [0.4, 0.5) is 4.39 Å². The van der Waals surface area contributed by atoms with Crippen molar-refractivity contribution in [2.75, 3.05) is 20.2 Å². The minimum atomic E-state index is -0.520. The maximum absolute atomic E-state index is 14.3. The number of nitrogens with zero attached hydrogens (tertiary/aromatic N) is 2. The predicted molar refractivity (Wildman–Crippen MR) is 114 cm³/mol.